The van der Waals surface area contributed by atoms with E-state index in [2.05, 4.69) is 15.3 Å². The Bertz CT molecular complexity index is 1570. The van der Waals surface area contributed by atoms with Crippen LogP contribution >= 0.6 is 0 Å². The van der Waals surface area contributed by atoms with Crippen molar-refractivity contribution in [3.63, 3.8) is 0 Å². The molecule has 0 saturated heterocycles. The minimum absolute atomic E-state index is 0.0956. The zero-order valence-corrected chi connectivity index (χ0v) is 32.5. The second kappa shape index (κ2) is 22.9. The second-order valence-corrected chi connectivity index (χ2v) is 13.5. The second-order valence-electron chi connectivity index (χ2n) is 13.5. The van der Waals surface area contributed by atoms with E-state index in [9.17, 15) is 36.6 Å². The Morgan fingerprint density at radius 1 is 0.911 bits per heavy atom. The number of alkyl halides is 3. The largest absolute Gasteiger partial charge is 0.477 e. The summed E-state index contributed by atoms with van der Waals surface area (Å²) in [6.07, 6.45) is -1.70. The first-order chi connectivity index (χ1) is 26.8. The molecule has 312 valence electrons. The zero-order valence-electron chi connectivity index (χ0n) is 32.5. The molecule has 1 aliphatic carbocycles. The number of carbonyl (C=O) groups is 2. The maximum atomic E-state index is 14.8. The third kappa shape index (κ3) is 13.9. The van der Waals surface area contributed by atoms with Crippen LogP contribution in [0.15, 0.2) is 29.5 Å². The van der Waals surface area contributed by atoms with Gasteiger partial charge in [0, 0.05) is 24.9 Å². The van der Waals surface area contributed by atoms with Gasteiger partial charge < -0.3 is 39.7 Å². The molecule has 1 fully saturated rings. The van der Waals surface area contributed by atoms with Crippen molar-refractivity contribution in [1.29, 1.82) is 5.41 Å². The van der Waals surface area contributed by atoms with Crippen molar-refractivity contribution in [2.45, 2.75) is 117 Å². The Labute approximate surface area is 324 Å². The van der Waals surface area contributed by atoms with E-state index in [0.717, 1.165) is 36.3 Å². The first-order valence-corrected chi connectivity index (χ1v) is 19.2. The average Bonchev–Trinajstić information content (AvgIpc) is 3.14. The summed E-state index contributed by atoms with van der Waals surface area (Å²) in [5.74, 6) is -4.56. The lowest BCUT2D eigenvalue weighted by Gasteiger charge is -2.32. The number of esters is 1. The molecule has 3 rings (SSSR count). The fourth-order valence-corrected chi connectivity index (χ4v) is 6.02. The molecule has 1 aromatic heterocycles. The summed E-state index contributed by atoms with van der Waals surface area (Å²) in [5, 5.41) is 22.3. The number of aliphatic hydroxyl groups excluding tert-OH is 1. The van der Waals surface area contributed by atoms with Crippen molar-refractivity contribution in [1.82, 2.24) is 20.2 Å². The van der Waals surface area contributed by atoms with E-state index in [4.69, 9.17) is 24.4 Å². The van der Waals surface area contributed by atoms with Crippen molar-refractivity contribution >= 4 is 18.1 Å². The number of halogens is 5. The molecule has 1 heterocycles. The van der Waals surface area contributed by atoms with Crippen LogP contribution in [0, 0.1) is 23.0 Å². The molecule has 1 amide bonds. The number of benzene rings is 1. The number of hydrogen-bond acceptors (Lipinski definition) is 11. The monoisotopic (exact) mass is 799 g/mol. The van der Waals surface area contributed by atoms with Crippen LogP contribution in [0.4, 0.5) is 22.0 Å². The Kier molecular flexibility index (Phi) is 18.7. The van der Waals surface area contributed by atoms with Crippen molar-refractivity contribution < 1.29 is 55.6 Å². The number of carbonyl (C=O) groups excluding carboxylic acids is 2. The number of unbranched alkanes of at least 4 members (excludes halogenated alkanes) is 3. The highest BCUT2D eigenvalue weighted by Crippen LogP contribution is 2.36. The van der Waals surface area contributed by atoms with E-state index in [-0.39, 0.29) is 87.2 Å². The third-order valence-corrected chi connectivity index (χ3v) is 8.99. The van der Waals surface area contributed by atoms with Gasteiger partial charge in [-0.05, 0) is 69.6 Å². The number of nitrogens with one attached hydrogen (secondary N) is 2. The molecule has 12 nitrogen and oxygen atoms in total. The van der Waals surface area contributed by atoms with Gasteiger partial charge >= 0.3 is 18.2 Å². The van der Waals surface area contributed by atoms with Crippen LogP contribution in [0.1, 0.15) is 109 Å². The van der Waals surface area contributed by atoms with Crippen LogP contribution in [-0.4, -0.2) is 83.3 Å². The number of nitrogens with zero attached hydrogens (tertiary/aromatic N) is 3. The summed E-state index contributed by atoms with van der Waals surface area (Å²) in [5.41, 5.74) is -2.87. The molecule has 1 aromatic carbocycles. The predicted molar refractivity (Wildman–Crippen MR) is 197 cm³/mol. The SMILES string of the molecule is CCCCOc1nc(OCCCC)c(C(O)CN(Cc2cc(F)cc(F)c2)C(=O)/C(C=N)=C(/N[C@H]2CC[C@H](C(=O)OCC)CC2)C(F)(F)F)c(OCCCC)n1. The Morgan fingerprint density at radius 3 is 1.93 bits per heavy atom. The van der Waals surface area contributed by atoms with Crippen molar-refractivity contribution in [3.8, 4) is 17.8 Å². The fraction of sp³-hybridized carbons (Fsp3) is 0.615. The van der Waals surface area contributed by atoms with Gasteiger partial charge in [-0.15, -0.1) is 0 Å². The molecule has 0 aliphatic heterocycles. The summed E-state index contributed by atoms with van der Waals surface area (Å²) < 4.78 is 95.7. The molecule has 1 saturated carbocycles. The summed E-state index contributed by atoms with van der Waals surface area (Å²) in [6, 6.07) is 1.49. The van der Waals surface area contributed by atoms with E-state index in [1.165, 1.54) is 0 Å². The molecule has 17 heteroatoms. The Morgan fingerprint density at radius 2 is 1.45 bits per heavy atom. The molecule has 2 aromatic rings. The number of amides is 1. The molecule has 1 unspecified atom stereocenters. The van der Waals surface area contributed by atoms with Gasteiger partial charge in [0.15, 0.2) is 0 Å². The zero-order chi connectivity index (χ0) is 41.3. The number of hydrogen-bond donors (Lipinski definition) is 3. The minimum atomic E-state index is -5.15. The van der Waals surface area contributed by atoms with Gasteiger partial charge in [0.1, 0.15) is 29.0 Å². The van der Waals surface area contributed by atoms with E-state index < -0.39 is 72.1 Å². The lowest BCUT2D eigenvalue weighted by molar-refractivity contribution is -0.149. The van der Waals surface area contributed by atoms with Crippen molar-refractivity contribution in [3.05, 3.63) is 52.2 Å². The van der Waals surface area contributed by atoms with Gasteiger partial charge in [0.05, 0.1) is 44.5 Å². The molecular formula is C39H54F5N5O7. The van der Waals surface area contributed by atoms with Crippen molar-refractivity contribution in [2.24, 2.45) is 5.92 Å². The fourth-order valence-electron chi connectivity index (χ4n) is 6.02. The van der Waals surface area contributed by atoms with Gasteiger partial charge in [-0.2, -0.15) is 23.1 Å². The van der Waals surface area contributed by atoms with Gasteiger partial charge in [0.2, 0.25) is 11.8 Å². The number of allylic oxidation sites excluding steroid dienone is 1. The quantitative estimate of drug-likeness (QED) is 0.0338. The van der Waals surface area contributed by atoms with Gasteiger partial charge in [-0.25, -0.2) is 8.78 Å². The van der Waals surface area contributed by atoms with Crippen LogP contribution in [0.2, 0.25) is 0 Å². The van der Waals surface area contributed by atoms with Crippen LogP contribution in [0.3, 0.4) is 0 Å². The minimum Gasteiger partial charge on any atom is -0.477 e. The van der Waals surface area contributed by atoms with Gasteiger partial charge in [0.25, 0.3) is 5.91 Å². The number of aromatic nitrogens is 2. The number of ether oxygens (including phenoxy) is 4. The highest BCUT2D eigenvalue weighted by atomic mass is 19.4. The van der Waals surface area contributed by atoms with Crippen LogP contribution in [0.25, 0.3) is 0 Å². The summed E-state index contributed by atoms with van der Waals surface area (Å²) in [6.45, 7) is 6.81. The molecule has 3 N–H and O–H groups in total. The maximum Gasteiger partial charge on any atom is 0.431 e. The highest BCUT2D eigenvalue weighted by molar-refractivity contribution is 6.12. The molecule has 1 atom stereocenters. The lowest BCUT2D eigenvalue weighted by atomic mass is 9.86. The highest BCUT2D eigenvalue weighted by Gasteiger charge is 2.41. The summed E-state index contributed by atoms with van der Waals surface area (Å²) in [4.78, 5) is 35.9. The maximum absolute atomic E-state index is 14.8. The smallest absolute Gasteiger partial charge is 0.431 e. The topological polar surface area (TPSA) is 156 Å². The molecule has 56 heavy (non-hydrogen) atoms. The average molecular weight is 800 g/mol. The van der Waals surface area contributed by atoms with E-state index in [1.807, 2.05) is 20.8 Å². The molecule has 0 radical (unpaired) electrons. The van der Waals surface area contributed by atoms with Crippen LogP contribution < -0.4 is 19.5 Å². The third-order valence-electron chi connectivity index (χ3n) is 8.99. The van der Waals surface area contributed by atoms with Crippen LogP contribution in [0.5, 0.6) is 17.8 Å². The molecule has 1 aliphatic rings. The van der Waals surface area contributed by atoms with E-state index in [0.29, 0.717) is 25.3 Å². The van der Waals surface area contributed by atoms with E-state index in [1.54, 1.807) is 6.92 Å². The standard InChI is InChI=1S/C39H54F5N5O7/c1-5-9-16-54-34-32(35(55-17-10-6-2)48-38(47-34)56-18-11-7-3)31(50)24-49(23-25-19-27(40)21-28(41)20-25)36(51)30(22-45)33(39(42,43)44)46-29-14-12-26(13-15-29)37(52)53-8-4/h19-22,26,29,31,45-46,50H,5-18,23-24H2,1-4H3/b33-30+,45-22?/t26-,29-,31?. The molecule has 0 bridgehead atoms. The molecular weight excluding hydrogens is 745 g/mol. The number of aliphatic hydroxyl groups is 1. The van der Waals surface area contributed by atoms with Gasteiger partial charge in [-0.1, -0.05) is 40.0 Å². The normalized spacial score (nSPS) is 16.7. The summed E-state index contributed by atoms with van der Waals surface area (Å²) in [7, 11) is 0. The van der Waals surface area contributed by atoms with E-state index >= 15 is 0 Å². The number of rotatable bonds is 23. The van der Waals surface area contributed by atoms with Crippen LogP contribution in [-0.2, 0) is 20.9 Å². The Hall–Kier alpha value is -4.54. The first-order valence-electron chi connectivity index (χ1n) is 19.2. The molecule has 0 spiro atoms. The Balaban J connectivity index is 2.11. The van der Waals surface area contributed by atoms with Crippen molar-refractivity contribution in [2.75, 3.05) is 33.0 Å². The van der Waals surface area contributed by atoms with Gasteiger partial charge in [-0.3, -0.25) is 9.59 Å². The first kappa shape index (κ1) is 45.8. The predicted octanol–water partition coefficient (Wildman–Crippen LogP) is 7.53. The summed E-state index contributed by atoms with van der Waals surface area (Å²) >= 11 is 0. The lowest BCUT2D eigenvalue weighted by Crippen LogP contribution is -2.43.